The fraction of sp³-hybridized carbons (Fsp3) is 0.500. The lowest BCUT2D eigenvalue weighted by atomic mass is 10.2. The molecule has 0 radical (unpaired) electrons. The van der Waals surface area contributed by atoms with Gasteiger partial charge in [0.25, 0.3) is 0 Å². The zero-order valence-corrected chi connectivity index (χ0v) is 9.49. The number of aromatic nitrogens is 1. The Morgan fingerprint density at radius 1 is 1.62 bits per heavy atom. The fourth-order valence-electron chi connectivity index (χ4n) is 1.91. The minimum absolute atomic E-state index is 0.00944. The largest absolute Gasteiger partial charge is 0.349 e. The first kappa shape index (κ1) is 11.1. The Hall–Kier alpha value is -1.42. The molecule has 4 nitrogen and oxygen atoms in total. The van der Waals surface area contributed by atoms with Crippen molar-refractivity contribution in [1.82, 2.24) is 15.6 Å². The maximum atomic E-state index is 11.7. The molecule has 2 N–H and O–H groups in total. The molecule has 0 spiro atoms. The summed E-state index contributed by atoms with van der Waals surface area (Å²) in [6, 6.07) is 5.82. The summed E-state index contributed by atoms with van der Waals surface area (Å²) in [6.07, 6.45) is 2.02. The Labute approximate surface area is 95.5 Å². The van der Waals surface area contributed by atoms with E-state index in [1.165, 1.54) is 0 Å². The quantitative estimate of drug-likeness (QED) is 0.789. The summed E-state index contributed by atoms with van der Waals surface area (Å²) < 4.78 is 0. The molecule has 0 aromatic carbocycles. The van der Waals surface area contributed by atoms with E-state index in [1.54, 1.807) is 0 Å². The number of aryl methyl sites for hydroxylation is 1. The highest BCUT2D eigenvalue weighted by Gasteiger charge is 2.21. The van der Waals surface area contributed by atoms with E-state index in [1.807, 2.05) is 25.1 Å². The van der Waals surface area contributed by atoms with E-state index in [0.717, 1.165) is 30.8 Å². The first-order chi connectivity index (χ1) is 7.75. The summed E-state index contributed by atoms with van der Waals surface area (Å²) >= 11 is 0. The maximum Gasteiger partial charge on any atom is 0.237 e. The van der Waals surface area contributed by atoms with Gasteiger partial charge < -0.3 is 10.6 Å². The molecular formula is C12H17N3O. The van der Waals surface area contributed by atoms with Gasteiger partial charge in [-0.1, -0.05) is 6.07 Å². The molecule has 1 amide bonds. The molecule has 0 unspecified atom stereocenters. The van der Waals surface area contributed by atoms with Crippen LogP contribution in [0.2, 0.25) is 0 Å². The number of carbonyl (C=O) groups is 1. The number of pyridine rings is 1. The second kappa shape index (κ2) is 5.07. The van der Waals surface area contributed by atoms with Gasteiger partial charge in [0.05, 0.1) is 18.3 Å². The fourth-order valence-corrected chi connectivity index (χ4v) is 1.91. The Morgan fingerprint density at radius 3 is 3.19 bits per heavy atom. The Morgan fingerprint density at radius 2 is 2.50 bits per heavy atom. The van der Waals surface area contributed by atoms with Crippen LogP contribution in [-0.2, 0) is 11.3 Å². The van der Waals surface area contributed by atoms with Crippen LogP contribution in [0.15, 0.2) is 18.2 Å². The molecule has 1 fully saturated rings. The molecule has 1 aliphatic heterocycles. The number of hydrogen-bond donors (Lipinski definition) is 2. The molecule has 1 aliphatic rings. The van der Waals surface area contributed by atoms with Gasteiger partial charge >= 0.3 is 0 Å². The summed E-state index contributed by atoms with van der Waals surface area (Å²) in [5.41, 5.74) is 1.89. The standard InChI is InChI=1S/C12H17N3O/c1-9-4-2-5-10(15-9)8-14-12(16)11-6-3-7-13-11/h2,4-5,11,13H,3,6-8H2,1H3,(H,14,16)/t11-/m0/s1. The van der Waals surface area contributed by atoms with Crippen LogP contribution in [-0.4, -0.2) is 23.5 Å². The molecule has 1 aromatic rings. The van der Waals surface area contributed by atoms with Crippen LogP contribution < -0.4 is 10.6 Å². The van der Waals surface area contributed by atoms with Crippen LogP contribution in [0.25, 0.3) is 0 Å². The van der Waals surface area contributed by atoms with Crippen LogP contribution in [0.3, 0.4) is 0 Å². The highest BCUT2D eigenvalue weighted by molar-refractivity contribution is 5.81. The average Bonchev–Trinajstić information content (AvgIpc) is 2.79. The molecule has 0 saturated carbocycles. The predicted molar refractivity (Wildman–Crippen MR) is 61.8 cm³/mol. The van der Waals surface area contributed by atoms with Gasteiger partial charge in [-0.15, -0.1) is 0 Å². The minimum atomic E-state index is -0.00944. The second-order valence-electron chi connectivity index (χ2n) is 4.14. The number of nitrogens with zero attached hydrogens (tertiary/aromatic N) is 1. The van der Waals surface area contributed by atoms with Crippen molar-refractivity contribution in [3.05, 3.63) is 29.6 Å². The third-order valence-corrected chi connectivity index (χ3v) is 2.77. The molecule has 0 bridgehead atoms. The Balaban J connectivity index is 1.84. The molecule has 1 aromatic heterocycles. The van der Waals surface area contributed by atoms with Crippen molar-refractivity contribution in [2.24, 2.45) is 0 Å². The zero-order chi connectivity index (χ0) is 11.4. The minimum Gasteiger partial charge on any atom is -0.349 e. The van der Waals surface area contributed by atoms with E-state index in [2.05, 4.69) is 15.6 Å². The lowest BCUT2D eigenvalue weighted by Gasteiger charge is -2.10. The Bertz CT molecular complexity index is 372. The molecule has 4 heteroatoms. The summed E-state index contributed by atoms with van der Waals surface area (Å²) in [4.78, 5) is 16.0. The predicted octanol–water partition coefficient (Wildman–Crippen LogP) is 0.758. The van der Waals surface area contributed by atoms with Gasteiger partial charge in [-0.05, 0) is 38.4 Å². The lowest BCUT2D eigenvalue weighted by Crippen LogP contribution is -2.40. The van der Waals surface area contributed by atoms with Crippen molar-refractivity contribution in [3.8, 4) is 0 Å². The van der Waals surface area contributed by atoms with E-state index in [4.69, 9.17) is 0 Å². The van der Waals surface area contributed by atoms with Crippen LogP contribution in [0.5, 0.6) is 0 Å². The Kier molecular flexibility index (Phi) is 3.51. The summed E-state index contributed by atoms with van der Waals surface area (Å²) in [5.74, 6) is 0.0841. The highest BCUT2D eigenvalue weighted by atomic mass is 16.2. The summed E-state index contributed by atoms with van der Waals surface area (Å²) in [6.45, 7) is 3.41. The summed E-state index contributed by atoms with van der Waals surface area (Å²) in [5, 5.41) is 6.08. The number of hydrogen-bond acceptors (Lipinski definition) is 3. The van der Waals surface area contributed by atoms with Gasteiger partial charge in [0.1, 0.15) is 0 Å². The number of carbonyl (C=O) groups excluding carboxylic acids is 1. The third-order valence-electron chi connectivity index (χ3n) is 2.77. The van der Waals surface area contributed by atoms with Crippen molar-refractivity contribution < 1.29 is 4.79 Å². The van der Waals surface area contributed by atoms with Crippen molar-refractivity contribution in [3.63, 3.8) is 0 Å². The van der Waals surface area contributed by atoms with E-state index < -0.39 is 0 Å². The monoisotopic (exact) mass is 219 g/mol. The van der Waals surface area contributed by atoms with E-state index in [9.17, 15) is 4.79 Å². The van der Waals surface area contributed by atoms with Crippen molar-refractivity contribution in [2.45, 2.75) is 32.4 Å². The van der Waals surface area contributed by atoms with E-state index in [-0.39, 0.29) is 11.9 Å². The van der Waals surface area contributed by atoms with Gasteiger partial charge in [-0.3, -0.25) is 9.78 Å². The zero-order valence-electron chi connectivity index (χ0n) is 9.49. The normalized spacial score (nSPS) is 19.7. The third kappa shape index (κ3) is 2.79. The molecule has 2 heterocycles. The maximum absolute atomic E-state index is 11.7. The van der Waals surface area contributed by atoms with Crippen molar-refractivity contribution in [1.29, 1.82) is 0 Å². The topological polar surface area (TPSA) is 54.0 Å². The van der Waals surface area contributed by atoms with Crippen LogP contribution in [0, 0.1) is 6.92 Å². The molecule has 86 valence electrons. The van der Waals surface area contributed by atoms with Crippen LogP contribution >= 0.6 is 0 Å². The van der Waals surface area contributed by atoms with Gasteiger partial charge in [0.15, 0.2) is 0 Å². The molecule has 0 aliphatic carbocycles. The van der Waals surface area contributed by atoms with Gasteiger partial charge in [-0.25, -0.2) is 0 Å². The van der Waals surface area contributed by atoms with Crippen molar-refractivity contribution in [2.75, 3.05) is 6.54 Å². The highest BCUT2D eigenvalue weighted by Crippen LogP contribution is 2.05. The van der Waals surface area contributed by atoms with E-state index >= 15 is 0 Å². The molecule has 16 heavy (non-hydrogen) atoms. The first-order valence-electron chi connectivity index (χ1n) is 5.69. The lowest BCUT2D eigenvalue weighted by molar-refractivity contribution is -0.122. The van der Waals surface area contributed by atoms with E-state index in [0.29, 0.717) is 6.54 Å². The molecular weight excluding hydrogens is 202 g/mol. The van der Waals surface area contributed by atoms with Gasteiger partial charge in [-0.2, -0.15) is 0 Å². The molecule has 2 rings (SSSR count). The molecule has 1 atom stereocenters. The SMILES string of the molecule is Cc1cccc(CNC(=O)[C@@H]2CCCN2)n1. The first-order valence-corrected chi connectivity index (χ1v) is 5.69. The number of nitrogens with one attached hydrogen (secondary N) is 2. The summed E-state index contributed by atoms with van der Waals surface area (Å²) in [7, 11) is 0. The van der Waals surface area contributed by atoms with Crippen LogP contribution in [0.1, 0.15) is 24.2 Å². The molecule has 1 saturated heterocycles. The van der Waals surface area contributed by atoms with Gasteiger partial charge in [0.2, 0.25) is 5.91 Å². The smallest absolute Gasteiger partial charge is 0.237 e. The second-order valence-corrected chi connectivity index (χ2v) is 4.14. The van der Waals surface area contributed by atoms with Crippen LogP contribution in [0.4, 0.5) is 0 Å². The van der Waals surface area contributed by atoms with Crippen molar-refractivity contribution >= 4 is 5.91 Å². The van der Waals surface area contributed by atoms with Gasteiger partial charge in [0, 0.05) is 5.69 Å². The number of amides is 1. The number of rotatable bonds is 3. The average molecular weight is 219 g/mol.